The summed E-state index contributed by atoms with van der Waals surface area (Å²) in [5, 5.41) is 24.3. The zero-order valence-electron chi connectivity index (χ0n) is 19.8. The number of benzene rings is 2. The highest BCUT2D eigenvalue weighted by Gasteiger charge is 2.49. The number of fused-ring (bicyclic) bond motifs is 1. The van der Waals surface area contributed by atoms with Crippen LogP contribution in [0.4, 0.5) is 5.69 Å². The maximum atomic E-state index is 13.8. The second-order valence-corrected chi connectivity index (χ2v) is 10.2. The minimum Gasteiger partial charge on any atom is -0.478 e. The summed E-state index contributed by atoms with van der Waals surface area (Å²) in [6, 6.07) is 13.8. The number of aryl methyl sites for hydroxylation is 1. The Labute approximate surface area is 217 Å². The van der Waals surface area contributed by atoms with Crippen LogP contribution in [0.5, 0.6) is 0 Å². The molecule has 186 valence electrons. The average molecular weight is 515 g/mol. The summed E-state index contributed by atoms with van der Waals surface area (Å²) in [6.45, 7) is 0. The number of nitrogens with zero attached hydrogens (tertiary/aromatic N) is 5. The van der Waals surface area contributed by atoms with Gasteiger partial charge in [0.2, 0.25) is 5.91 Å². The molecule has 2 aromatic heterocycles. The standard InChI is InChI=1S/C27H23ClN6O3/c28-20-5-8-23(34-15-30-32-33-34)22(12-20)19-11-18-9-10-27(13-16-1-2-16,24(18)29-14-19)26(37)31-21-6-3-17(4-7-21)25(35)36/h3-8,11-12,14-16H,1-2,9-10,13H2,(H,31,37)(H,35,36). The number of aromatic nitrogens is 5. The summed E-state index contributed by atoms with van der Waals surface area (Å²) in [7, 11) is 0. The number of nitrogens with one attached hydrogen (secondary N) is 1. The third-order valence-corrected chi connectivity index (χ3v) is 7.50. The van der Waals surface area contributed by atoms with Crippen molar-refractivity contribution in [3.63, 3.8) is 0 Å². The van der Waals surface area contributed by atoms with Crippen molar-refractivity contribution >= 4 is 29.2 Å². The van der Waals surface area contributed by atoms with Gasteiger partial charge in [-0.25, -0.2) is 4.79 Å². The van der Waals surface area contributed by atoms with Crippen molar-refractivity contribution in [2.75, 3.05) is 5.32 Å². The van der Waals surface area contributed by atoms with Crippen LogP contribution in [-0.4, -0.2) is 42.2 Å². The Kier molecular flexibility index (Phi) is 5.72. The molecular weight excluding hydrogens is 492 g/mol. The van der Waals surface area contributed by atoms with Crippen molar-refractivity contribution in [2.45, 2.75) is 37.5 Å². The minimum absolute atomic E-state index is 0.0985. The Morgan fingerprint density at radius 1 is 1.14 bits per heavy atom. The lowest BCUT2D eigenvalue weighted by molar-refractivity contribution is -0.122. The number of amides is 1. The van der Waals surface area contributed by atoms with Crippen LogP contribution in [0.2, 0.25) is 5.02 Å². The number of aromatic carboxylic acids is 1. The van der Waals surface area contributed by atoms with Gasteiger partial charge in [0.1, 0.15) is 6.33 Å². The number of carbonyl (C=O) groups is 2. The number of carboxylic acid groups (broad SMARTS) is 1. The van der Waals surface area contributed by atoms with E-state index in [1.807, 2.05) is 12.1 Å². The van der Waals surface area contributed by atoms with Crippen molar-refractivity contribution in [3.05, 3.63) is 82.9 Å². The number of hydrogen-bond donors (Lipinski definition) is 2. The first kappa shape index (κ1) is 23.3. The molecule has 4 aromatic rings. The number of carboxylic acids is 1. The van der Waals surface area contributed by atoms with Gasteiger partial charge in [-0.05, 0) is 89.7 Å². The van der Waals surface area contributed by atoms with Crippen LogP contribution < -0.4 is 5.32 Å². The van der Waals surface area contributed by atoms with Crippen molar-refractivity contribution in [1.29, 1.82) is 0 Å². The maximum Gasteiger partial charge on any atom is 0.335 e. The van der Waals surface area contributed by atoms with Crippen molar-refractivity contribution in [2.24, 2.45) is 5.92 Å². The summed E-state index contributed by atoms with van der Waals surface area (Å²) in [5.41, 5.74) is 4.37. The Bertz CT molecular complexity index is 1500. The first-order chi connectivity index (χ1) is 17.9. The van der Waals surface area contributed by atoms with Gasteiger partial charge in [-0.1, -0.05) is 24.4 Å². The molecule has 1 amide bonds. The molecule has 2 N–H and O–H groups in total. The number of pyridine rings is 1. The fourth-order valence-electron chi connectivity index (χ4n) is 5.23. The summed E-state index contributed by atoms with van der Waals surface area (Å²) in [6.07, 6.45) is 7.71. The molecule has 2 heterocycles. The second-order valence-electron chi connectivity index (χ2n) is 9.71. The molecule has 1 saturated carbocycles. The van der Waals surface area contributed by atoms with Crippen LogP contribution in [0.3, 0.4) is 0 Å². The molecule has 10 heteroatoms. The van der Waals surface area contributed by atoms with Gasteiger partial charge in [0.15, 0.2) is 0 Å². The number of tetrazole rings is 1. The molecule has 0 spiro atoms. The molecule has 1 fully saturated rings. The Morgan fingerprint density at radius 3 is 2.65 bits per heavy atom. The van der Waals surface area contributed by atoms with Crippen LogP contribution in [0.15, 0.2) is 61.1 Å². The van der Waals surface area contributed by atoms with E-state index in [9.17, 15) is 9.59 Å². The summed E-state index contributed by atoms with van der Waals surface area (Å²) < 4.78 is 1.58. The van der Waals surface area contributed by atoms with Gasteiger partial charge in [0.05, 0.1) is 22.4 Å². The van der Waals surface area contributed by atoms with E-state index in [0.717, 1.165) is 53.8 Å². The second kappa shape index (κ2) is 9.08. The van der Waals surface area contributed by atoms with Crippen LogP contribution >= 0.6 is 11.6 Å². The Balaban J connectivity index is 1.35. The molecule has 1 atom stereocenters. The highest BCUT2D eigenvalue weighted by Crippen LogP contribution is 2.49. The molecule has 6 rings (SSSR count). The molecule has 0 saturated heterocycles. The monoisotopic (exact) mass is 514 g/mol. The van der Waals surface area contributed by atoms with Crippen LogP contribution in [0.25, 0.3) is 16.8 Å². The Morgan fingerprint density at radius 2 is 1.95 bits per heavy atom. The predicted octanol–water partition coefficient (Wildman–Crippen LogP) is 4.70. The van der Waals surface area contributed by atoms with Crippen LogP contribution in [0.1, 0.15) is 47.3 Å². The first-order valence-corrected chi connectivity index (χ1v) is 12.5. The van der Waals surface area contributed by atoms with Crippen LogP contribution in [0, 0.1) is 5.92 Å². The first-order valence-electron chi connectivity index (χ1n) is 12.1. The fourth-order valence-corrected chi connectivity index (χ4v) is 5.40. The molecule has 0 aliphatic heterocycles. The molecule has 2 aliphatic carbocycles. The third kappa shape index (κ3) is 4.35. The van der Waals surface area contributed by atoms with Gasteiger partial charge in [0, 0.05) is 28.0 Å². The number of anilines is 1. The van der Waals surface area contributed by atoms with Gasteiger partial charge in [-0.2, -0.15) is 4.68 Å². The van der Waals surface area contributed by atoms with Crippen molar-refractivity contribution < 1.29 is 14.7 Å². The lowest BCUT2D eigenvalue weighted by atomic mass is 9.78. The highest BCUT2D eigenvalue weighted by molar-refractivity contribution is 6.31. The minimum atomic E-state index is -1.00. The fraction of sp³-hybridized carbons (Fsp3) is 0.259. The third-order valence-electron chi connectivity index (χ3n) is 7.26. The molecule has 0 radical (unpaired) electrons. The predicted molar refractivity (Wildman–Crippen MR) is 137 cm³/mol. The smallest absolute Gasteiger partial charge is 0.335 e. The largest absolute Gasteiger partial charge is 0.478 e. The average Bonchev–Trinajstić information content (AvgIpc) is 3.39. The summed E-state index contributed by atoms with van der Waals surface area (Å²) in [5.74, 6) is -0.596. The lowest BCUT2D eigenvalue weighted by Gasteiger charge is -2.28. The van der Waals surface area contributed by atoms with E-state index in [1.54, 1.807) is 29.1 Å². The van der Waals surface area contributed by atoms with E-state index < -0.39 is 11.4 Å². The lowest BCUT2D eigenvalue weighted by Crippen LogP contribution is -2.39. The molecular formula is C27H23ClN6O3. The van der Waals surface area contributed by atoms with Gasteiger partial charge in [0.25, 0.3) is 0 Å². The molecule has 1 unspecified atom stereocenters. The number of hydrogen-bond acceptors (Lipinski definition) is 6. The topological polar surface area (TPSA) is 123 Å². The normalized spacial score (nSPS) is 18.4. The molecule has 2 aliphatic rings. The Hall–Kier alpha value is -4.11. The number of carbonyl (C=O) groups excluding carboxylic acids is 1. The van der Waals surface area contributed by atoms with E-state index >= 15 is 0 Å². The molecule has 2 aromatic carbocycles. The molecule has 37 heavy (non-hydrogen) atoms. The van der Waals surface area contributed by atoms with E-state index in [-0.39, 0.29) is 11.5 Å². The molecule has 0 bridgehead atoms. The quantitative estimate of drug-likeness (QED) is 0.366. The van der Waals surface area contributed by atoms with Crippen LogP contribution in [-0.2, 0) is 16.6 Å². The van der Waals surface area contributed by atoms with E-state index in [4.69, 9.17) is 21.7 Å². The number of rotatable bonds is 7. The summed E-state index contributed by atoms with van der Waals surface area (Å²) in [4.78, 5) is 29.8. The van der Waals surface area contributed by atoms with Crippen molar-refractivity contribution in [1.82, 2.24) is 25.2 Å². The highest BCUT2D eigenvalue weighted by atomic mass is 35.5. The zero-order valence-corrected chi connectivity index (χ0v) is 20.5. The molecule has 9 nitrogen and oxygen atoms in total. The van der Waals surface area contributed by atoms with E-state index in [1.165, 1.54) is 18.5 Å². The zero-order chi connectivity index (χ0) is 25.6. The summed E-state index contributed by atoms with van der Waals surface area (Å²) >= 11 is 6.33. The van der Waals surface area contributed by atoms with Gasteiger partial charge >= 0.3 is 5.97 Å². The van der Waals surface area contributed by atoms with E-state index in [2.05, 4.69) is 26.9 Å². The maximum absolute atomic E-state index is 13.8. The number of halogens is 1. The van der Waals surface area contributed by atoms with Gasteiger partial charge < -0.3 is 10.4 Å². The van der Waals surface area contributed by atoms with Crippen molar-refractivity contribution in [3.8, 4) is 16.8 Å². The SMILES string of the molecule is O=C(O)c1ccc(NC(=O)C2(CC3CC3)CCc3cc(-c4cc(Cl)ccc4-n4cnnn4)cnc32)cc1. The van der Waals surface area contributed by atoms with Gasteiger partial charge in [-0.15, -0.1) is 5.10 Å². The van der Waals surface area contributed by atoms with Gasteiger partial charge in [-0.3, -0.25) is 9.78 Å². The van der Waals surface area contributed by atoms with E-state index in [0.29, 0.717) is 23.0 Å².